The molecule has 0 saturated carbocycles. The van der Waals surface area contributed by atoms with Crippen molar-refractivity contribution in [2.45, 2.75) is 51.8 Å². The molecular weight excluding hydrogens is 560 g/mol. The van der Waals surface area contributed by atoms with Crippen LogP contribution in [0.5, 0.6) is 11.5 Å². The van der Waals surface area contributed by atoms with Gasteiger partial charge in [-0.15, -0.1) is 11.3 Å². The van der Waals surface area contributed by atoms with Crippen LogP contribution in [0.1, 0.15) is 66.1 Å². The van der Waals surface area contributed by atoms with Crippen LogP contribution in [0, 0.1) is 0 Å². The van der Waals surface area contributed by atoms with Crippen molar-refractivity contribution in [1.29, 1.82) is 0 Å². The first-order valence-electron chi connectivity index (χ1n) is 14.4. The summed E-state index contributed by atoms with van der Waals surface area (Å²) in [7, 11) is 0. The highest BCUT2D eigenvalue weighted by Crippen LogP contribution is 2.44. The van der Waals surface area contributed by atoms with E-state index in [1.54, 1.807) is 12.1 Å². The quantitative estimate of drug-likeness (QED) is 0.181. The zero-order chi connectivity index (χ0) is 30.6. The van der Waals surface area contributed by atoms with Gasteiger partial charge in [0.2, 0.25) is 0 Å². The molecule has 0 radical (unpaired) electrons. The van der Waals surface area contributed by atoms with Crippen LogP contribution < -0.4 is 21.1 Å². The fourth-order valence-corrected chi connectivity index (χ4v) is 6.54. The van der Waals surface area contributed by atoms with Crippen molar-refractivity contribution in [3.8, 4) is 11.5 Å². The molecule has 3 aromatic carbocycles. The lowest BCUT2D eigenvalue weighted by Gasteiger charge is -2.40. The summed E-state index contributed by atoms with van der Waals surface area (Å²) >= 11 is 1.40. The highest BCUT2D eigenvalue weighted by Gasteiger charge is 2.37. The Kier molecular flexibility index (Phi) is 9.03. The molecule has 0 spiro atoms. The van der Waals surface area contributed by atoms with E-state index in [2.05, 4.69) is 34.6 Å². The van der Waals surface area contributed by atoms with E-state index in [4.69, 9.17) is 15.2 Å². The largest absolute Gasteiger partial charge is 0.457 e. The van der Waals surface area contributed by atoms with Gasteiger partial charge in [-0.25, -0.2) is 9.59 Å². The number of para-hydroxylation sites is 1. The number of anilines is 2. The van der Waals surface area contributed by atoms with Crippen molar-refractivity contribution in [3.05, 3.63) is 106 Å². The summed E-state index contributed by atoms with van der Waals surface area (Å²) in [5, 5.41) is 6.41. The Hall–Kier alpha value is -4.34. The monoisotopic (exact) mass is 598 g/mol. The Labute approximate surface area is 256 Å². The number of nitrogens with zero attached hydrogens (tertiary/aromatic N) is 1. The number of carbonyl (C=O) groups excluding carboxylic acids is 2. The molecule has 0 aliphatic carbocycles. The molecule has 0 unspecified atom stereocenters. The van der Waals surface area contributed by atoms with Gasteiger partial charge >= 0.3 is 12.0 Å². The predicted octanol–water partition coefficient (Wildman–Crippen LogP) is 7.56. The fraction of sp³-hybridized carbons (Fsp3) is 0.294. The average molecular weight is 599 g/mol. The Bertz CT molecular complexity index is 1550. The second-order valence-electron chi connectivity index (χ2n) is 11.6. The molecule has 2 heterocycles. The molecule has 5 rings (SSSR count). The maximum atomic E-state index is 13.2. The second-order valence-corrected chi connectivity index (χ2v) is 12.6. The normalized spacial score (nSPS) is 15.7. The molecule has 1 aromatic heterocycles. The van der Waals surface area contributed by atoms with Gasteiger partial charge in [0.15, 0.2) is 0 Å². The summed E-state index contributed by atoms with van der Waals surface area (Å²) in [6.45, 7) is 8.73. The van der Waals surface area contributed by atoms with Gasteiger partial charge in [-0.2, -0.15) is 0 Å². The number of benzene rings is 3. The zero-order valence-electron chi connectivity index (χ0n) is 24.9. The molecule has 9 heteroatoms. The lowest BCUT2D eigenvalue weighted by atomic mass is 9.94. The van der Waals surface area contributed by atoms with Gasteiger partial charge in [0.1, 0.15) is 22.1 Å². The predicted molar refractivity (Wildman–Crippen MR) is 172 cm³/mol. The van der Waals surface area contributed by atoms with E-state index in [-0.39, 0.29) is 18.1 Å². The molecular formula is C34H38N4O4S. The summed E-state index contributed by atoms with van der Waals surface area (Å²) in [5.41, 5.74) is 8.99. The number of rotatable bonds is 8. The number of esters is 1. The van der Waals surface area contributed by atoms with E-state index in [9.17, 15) is 9.59 Å². The summed E-state index contributed by atoms with van der Waals surface area (Å²) < 4.78 is 11.5. The molecule has 4 aromatic rings. The molecule has 1 aliphatic rings. The number of fused-ring (bicyclic) bond motifs is 1. The van der Waals surface area contributed by atoms with Crippen LogP contribution in [0.3, 0.4) is 0 Å². The van der Waals surface area contributed by atoms with Gasteiger partial charge < -0.3 is 25.8 Å². The standard InChI is InChI=1S/C34H38N4O4S/c1-22(23-11-7-5-8-12-23)38-20-19-27-29(32(39)42-34(2,3)4)31(35)43-30(27)28(38)21-36-33(40)37-24-15-17-26(18-16-24)41-25-13-9-6-10-14-25/h5-18,22,28H,19-21,35H2,1-4H3,(H2,36,37,40)/t22-,28-/m0/s1. The number of nitrogen functional groups attached to an aromatic ring is 1. The lowest BCUT2D eigenvalue weighted by Crippen LogP contribution is -2.43. The minimum Gasteiger partial charge on any atom is -0.457 e. The molecule has 2 atom stereocenters. The Morgan fingerprint density at radius 3 is 2.26 bits per heavy atom. The Morgan fingerprint density at radius 2 is 1.60 bits per heavy atom. The molecule has 0 bridgehead atoms. The zero-order valence-corrected chi connectivity index (χ0v) is 25.7. The van der Waals surface area contributed by atoms with Crippen molar-refractivity contribution in [1.82, 2.24) is 10.2 Å². The van der Waals surface area contributed by atoms with Gasteiger partial charge in [0.05, 0.1) is 11.6 Å². The lowest BCUT2D eigenvalue weighted by molar-refractivity contribution is 0.00689. The highest BCUT2D eigenvalue weighted by molar-refractivity contribution is 7.16. The Balaban J connectivity index is 1.33. The number of hydrogen-bond donors (Lipinski definition) is 3. The molecule has 8 nitrogen and oxygen atoms in total. The molecule has 1 aliphatic heterocycles. The minimum absolute atomic E-state index is 0.0784. The molecule has 0 saturated heterocycles. The number of hydrogen-bond acceptors (Lipinski definition) is 7. The van der Waals surface area contributed by atoms with Gasteiger partial charge in [0, 0.05) is 29.7 Å². The van der Waals surface area contributed by atoms with Crippen LogP contribution in [0.2, 0.25) is 0 Å². The van der Waals surface area contributed by atoms with Gasteiger partial charge in [0.25, 0.3) is 0 Å². The number of nitrogens with two attached hydrogens (primary N) is 1. The van der Waals surface area contributed by atoms with Crippen molar-refractivity contribution in [3.63, 3.8) is 0 Å². The van der Waals surface area contributed by atoms with Gasteiger partial charge in [-0.05, 0) is 81.6 Å². The van der Waals surface area contributed by atoms with E-state index < -0.39 is 11.6 Å². The summed E-state index contributed by atoms with van der Waals surface area (Å²) in [4.78, 5) is 29.6. The number of amides is 2. The maximum Gasteiger partial charge on any atom is 0.341 e. The van der Waals surface area contributed by atoms with Gasteiger partial charge in [-0.3, -0.25) is 4.90 Å². The van der Waals surface area contributed by atoms with Gasteiger partial charge in [-0.1, -0.05) is 48.5 Å². The van der Waals surface area contributed by atoms with E-state index >= 15 is 0 Å². The second kappa shape index (κ2) is 12.9. The fourth-order valence-electron chi connectivity index (χ4n) is 5.31. The summed E-state index contributed by atoms with van der Waals surface area (Å²) in [6, 6.07) is 26.6. The summed E-state index contributed by atoms with van der Waals surface area (Å²) in [5.74, 6) is 1.01. The van der Waals surface area contributed by atoms with Crippen LogP contribution in [-0.2, 0) is 11.2 Å². The number of urea groups is 1. The topological polar surface area (TPSA) is 106 Å². The third-order valence-electron chi connectivity index (χ3n) is 7.32. The van der Waals surface area contributed by atoms with E-state index in [0.29, 0.717) is 41.5 Å². The van der Waals surface area contributed by atoms with Crippen molar-refractivity contribution in [2.24, 2.45) is 0 Å². The van der Waals surface area contributed by atoms with Crippen molar-refractivity contribution >= 4 is 34.0 Å². The Morgan fingerprint density at radius 1 is 0.977 bits per heavy atom. The number of nitrogens with one attached hydrogen (secondary N) is 2. The molecule has 2 amide bonds. The average Bonchev–Trinajstić information content (AvgIpc) is 3.33. The maximum absolute atomic E-state index is 13.2. The smallest absolute Gasteiger partial charge is 0.341 e. The van der Waals surface area contributed by atoms with Crippen LogP contribution in [0.25, 0.3) is 0 Å². The van der Waals surface area contributed by atoms with Crippen molar-refractivity contribution in [2.75, 3.05) is 24.1 Å². The molecule has 224 valence electrons. The van der Waals surface area contributed by atoms with Crippen LogP contribution >= 0.6 is 11.3 Å². The minimum atomic E-state index is -0.633. The highest BCUT2D eigenvalue weighted by atomic mass is 32.1. The summed E-state index contributed by atoms with van der Waals surface area (Å²) in [6.07, 6.45) is 0.662. The van der Waals surface area contributed by atoms with E-state index in [1.165, 1.54) is 16.9 Å². The first-order chi connectivity index (χ1) is 20.6. The van der Waals surface area contributed by atoms with Crippen LogP contribution in [-0.4, -0.2) is 35.6 Å². The number of carbonyl (C=O) groups is 2. The molecule has 0 fully saturated rings. The number of thiophene rings is 1. The van der Waals surface area contributed by atoms with Crippen LogP contribution in [0.4, 0.5) is 15.5 Å². The SMILES string of the molecule is C[C@@H](c1ccccc1)N1CCc2c(sc(N)c2C(=O)OC(C)(C)C)[C@@H]1CNC(=O)Nc1ccc(Oc2ccccc2)cc1. The van der Waals surface area contributed by atoms with E-state index in [0.717, 1.165) is 16.2 Å². The third-order valence-corrected chi connectivity index (χ3v) is 8.48. The first-order valence-corrected chi connectivity index (χ1v) is 15.2. The van der Waals surface area contributed by atoms with Crippen LogP contribution in [0.15, 0.2) is 84.9 Å². The van der Waals surface area contributed by atoms with E-state index in [1.807, 2.05) is 81.4 Å². The van der Waals surface area contributed by atoms with Crippen molar-refractivity contribution < 1.29 is 19.1 Å². The molecule has 4 N–H and O–H groups in total. The molecule has 43 heavy (non-hydrogen) atoms. The number of ether oxygens (including phenoxy) is 2. The first kappa shape index (κ1) is 30.1. The third kappa shape index (κ3) is 7.36.